The van der Waals surface area contributed by atoms with E-state index in [1.54, 1.807) is 6.92 Å². The van der Waals surface area contributed by atoms with Crippen LogP contribution in [0.2, 0.25) is 0 Å². The smallest absolute Gasteiger partial charge is 0.194 e. The molecule has 0 heterocycles. The minimum absolute atomic E-state index is 0.00770. The number of aliphatic hydroxyl groups is 1. The van der Waals surface area contributed by atoms with Gasteiger partial charge in [-0.1, -0.05) is 69.8 Å². The molecule has 0 spiro atoms. The number of aliphatic hydroxyl groups excluding tert-OH is 1. The van der Waals surface area contributed by atoms with Gasteiger partial charge in [0.15, 0.2) is 5.12 Å². The van der Waals surface area contributed by atoms with Gasteiger partial charge in [0.2, 0.25) is 0 Å². The predicted molar refractivity (Wildman–Crippen MR) is 83.6 cm³/mol. The van der Waals surface area contributed by atoms with Crippen LogP contribution < -0.4 is 0 Å². The maximum Gasteiger partial charge on any atom is 0.194 e. The number of ether oxygens (including phenoxy) is 1. The van der Waals surface area contributed by atoms with E-state index in [9.17, 15) is 9.90 Å². The van der Waals surface area contributed by atoms with Gasteiger partial charge < -0.3 is 9.84 Å². The lowest BCUT2D eigenvalue weighted by atomic mass is 10.1. The van der Waals surface area contributed by atoms with Gasteiger partial charge in [-0.25, -0.2) is 0 Å². The minimum atomic E-state index is -0.763. The van der Waals surface area contributed by atoms with Gasteiger partial charge in [0.05, 0.1) is 25.2 Å². The Morgan fingerprint density at radius 3 is 2.45 bits per heavy atom. The summed E-state index contributed by atoms with van der Waals surface area (Å²) < 4.78 is 5.34. The second-order valence-electron chi connectivity index (χ2n) is 5.89. The quantitative estimate of drug-likeness (QED) is 0.875. The summed E-state index contributed by atoms with van der Waals surface area (Å²) in [5, 5.41) is 10.0. The van der Waals surface area contributed by atoms with Crippen LogP contribution in [0.15, 0.2) is 30.3 Å². The van der Waals surface area contributed by atoms with Crippen molar-refractivity contribution in [1.29, 1.82) is 0 Å². The Morgan fingerprint density at radius 1 is 1.30 bits per heavy atom. The maximum atomic E-state index is 12.0. The van der Waals surface area contributed by atoms with Gasteiger partial charge in [-0.15, -0.1) is 0 Å². The number of carbonyl (C=O) groups excluding carboxylic acids is 1. The van der Waals surface area contributed by atoms with E-state index in [2.05, 4.69) is 0 Å². The summed E-state index contributed by atoms with van der Waals surface area (Å²) in [5.41, 5.74) is 1.06. The predicted octanol–water partition coefficient (Wildman–Crippen LogP) is 3.26. The van der Waals surface area contributed by atoms with Gasteiger partial charge in [-0.2, -0.15) is 0 Å². The third-order valence-electron chi connectivity index (χ3n) is 2.76. The van der Waals surface area contributed by atoms with Crippen LogP contribution in [0.3, 0.4) is 0 Å². The summed E-state index contributed by atoms with van der Waals surface area (Å²) in [5.74, 6) is -0.421. The summed E-state index contributed by atoms with van der Waals surface area (Å²) in [6.45, 7) is 8.33. The number of thioether (sulfide) groups is 1. The fourth-order valence-corrected chi connectivity index (χ4v) is 2.51. The number of rotatable bonds is 6. The van der Waals surface area contributed by atoms with Crippen LogP contribution >= 0.6 is 11.8 Å². The van der Waals surface area contributed by atoms with E-state index in [0.29, 0.717) is 6.61 Å². The topological polar surface area (TPSA) is 46.5 Å². The summed E-state index contributed by atoms with van der Waals surface area (Å²) in [7, 11) is 0. The van der Waals surface area contributed by atoms with Crippen molar-refractivity contribution in [2.24, 2.45) is 5.92 Å². The van der Waals surface area contributed by atoms with Crippen LogP contribution in [0.5, 0.6) is 0 Å². The Kier molecular flexibility index (Phi) is 6.72. The number of benzene rings is 1. The van der Waals surface area contributed by atoms with Gasteiger partial charge >= 0.3 is 0 Å². The summed E-state index contributed by atoms with van der Waals surface area (Å²) in [6.07, 6.45) is -0.763. The SMILES string of the molecule is CC(C(=O)SC(C)(C)C)C(O)COCc1ccccc1. The molecule has 0 aliphatic carbocycles. The molecule has 0 bridgehead atoms. The average molecular weight is 296 g/mol. The first-order valence-corrected chi connectivity index (χ1v) is 7.64. The summed E-state index contributed by atoms with van der Waals surface area (Å²) in [6, 6.07) is 9.78. The molecule has 2 atom stereocenters. The molecule has 0 fully saturated rings. The van der Waals surface area contributed by atoms with Crippen molar-refractivity contribution < 1.29 is 14.6 Å². The van der Waals surface area contributed by atoms with Gasteiger partial charge in [0.25, 0.3) is 0 Å². The van der Waals surface area contributed by atoms with Crippen molar-refractivity contribution in [2.45, 2.75) is 45.2 Å². The first kappa shape index (κ1) is 17.2. The van der Waals surface area contributed by atoms with Crippen LogP contribution in [-0.2, 0) is 16.1 Å². The molecule has 0 aliphatic heterocycles. The highest BCUT2D eigenvalue weighted by molar-refractivity contribution is 8.14. The molecule has 0 aliphatic rings. The minimum Gasteiger partial charge on any atom is -0.390 e. The lowest BCUT2D eigenvalue weighted by molar-refractivity contribution is -0.118. The van der Waals surface area contributed by atoms with Crippen molar-refractivity contribution >= 4 is 16.9 Å². The van der Waals surface area contributed by atoms with Crippen LogP contribution in [0.1, 0.15) is 33.3 Å². The molecule has 112 valence electrons. The molecule has 0 radical (unpaired) electrons. The van der Waals surface area contributed by atoms with Gasteiger partial charge in [-0.05, 0) is 5.56 Å². The van der Waals surface area contributed by atoms with Crippen molar-refractivity contribution in [3.8, 4) is 0 Å². The monoisotopic (exact) mass is 296 g/mol. The third kappa shape index (κ3) is 6.55. The first-order chi connectivity index (χ1) is 9.29. The summed E-state index contributed by atoms with van der Waals surface area (Å²) >= 11 is 1.27. The standard InChI is InChI=1S/C16H24O3S/c1-12(15(18)20-16(2,3)4)14(17)11-19-10-13-8-6-5-7-9-13/h5-9,12,14,17H,10-11H2,1-4H3. The van der Waals surface area contributed by atoms with Crippen molar-refractivity contribution in [3.63, 3.8) is 0 Å². The fraction of sp³-hybridized carbons (Fsp3) is 0.562. The molecular formula is C16H24O3S. The van der Waals surface area contributed by atoms with Gasteiger partial charge in [0, 0.05) is 4.75 Å². The second kappa shape index (κ2) is 7.81. The van der Waals surface area contributed by atoms with E-state index in [1.165, 1.54) is 11.8 Å². The Labute approximate surface area is 125 Å². The number of hydrogen-bond acceptors (Lipinski definition) is 4. The molecule has 0 amide bonds. The second-order valence-corrected chi connectivity index (χ2v) is 7.72. The zero-order valence-electron chi connectivity index (χ0n) is 12.6. The number of hydrogen-bond donors (Lipinski definition) is 1. The first-order valence-electron chi connectivity index (χ1n) is 6.82. The lowest BCUT2D eigenvalue weighted by Crippen LogP contribution is -2.30. The molecule has 2 unspecified atom stereocenters. The molecule has 0 saturated heterocycles. The Bertz CT molecular complexity index is 411. The van der Waals surface area contributed by atoms with E-state index >= 15 is 0 Å². The molecule has 0 saturated carbocycles. The van der Waals surface area contributed by atoms with E-state index in [0.717, 1.165) is 5.56 Å². The van der Waals surface area contributed by atoms with Gasteiger partial charge in [-0.3, -0.25) is 4.79 Å². The molecule has 0 aromatic heterocycles. The highest BCUT2D eigenvalue weighted by Gasteiger charge is 2.26. The largest absolute Gasteiger partial charge is 0.390 e. The van der Waals surface area contributed by atoms with Crippen LogP contribution in [0.4, 0.5) is 0 Å². The van der Waals surface area contributed by atoms with E-state index in [1.807, 2.05) is 51.1 Å². The fourth-order valence-electron chi connectivity index (χ4n) is 1.57. The highest BCUT2D eigenvalue weighted by atomic mass is 32.2. The number of carbonyl (C=O) groups is 1. The summed E-state index contributed by atoms with van der Waals surface area (Å²) in [4.78, 5) is 12.0. The highest BCUT2D eigenvalue weighted by Crippen LogP contribution is 2.28. The van der Waals surface area contributed by atoms with Crippen LogP contribution in [0.25, 0.3) is 0 Å². The maximum absolute atomic E-state index is 12.0. The molecule has 4 heteroatoms. The molecule has 1 N–H and O–H groups in total. The van der Waals surface area contributed by atoms with Crippen molar-refractivity contribution in [3.05, 3.63) is 35.9 Å². The third-order valence-corrected chi connectivity index (χ3v) is 3.94. The molecule has 1 aromatic carbocycles. The average Bonchev–Trinajstić information content (AvgIpc) is 2.37. The molecule has 1 rings (SSSR count). The zero-order valence-corrected chi connectivity index (χ0v) is 13.4. The zero-order chi connectivity index (χ0) is 15.2. The van der Waals surface area contributed by atoms with E-state index in [-0.39, 0.29) is 16.5 Å². The van der Waals surface area contributed by atoms with Crippen molar-refractivity contribution in [1.82, 2.24) is 0 Å². The Balaban J connectivity index is 2.35. The molecule has 3 nitrogen and oxygen atoms in total. The van der Waals surface area contributed by atoms with Crippen molar-refractivity contribution in [2.75, 3.05) is 6.61 Å². The van der Waals surface area contributed by atoms with Crippen LogP contribution in [-0.4, -0.2) is 27.7 Å². The normalized spacial score (nSPS) is 14.8. The van der Waals surface area contributed by atoms with Crippen LogP contribution in [0, 0.1) is 5.92 Å². The van der Waals surface area contributed by atoms with E-state index < -0.39 is 12.0 Å². The molecule has 20 heavy (non-hydrogen) atoms. The molecular weight excluding hydrogens is 272 g/mol. The molecule has 1 aromatic rings. The lowest BCUT2D eigenvalue weighted by Gasteiger charge is -2.22. The Morgan fingerprint density at radius 2 is 1.90 bits per heavy atom. The van der Waals surface area contributed by atoms with Gasteiger partial charge in [0.1, 0.15) is 0 Å². The Hall–Kier alpha value is -0.840. The van der Waals surface area contributed by atoms with E-state index in [4.69, 9.17) is 4.74 Å².